The molecule has 17 nitrogen and oxygen atoms in total. The Bertz CT molecular complexity index is 948. The number of hydrogen-bond acceptors (Lipinski definition) is 12. The Morgan fingerprint density at radius 1 is 1.17 bits per heavy atom. The van der Waals surface area contributed by atoms with Gasteiger partial charge in [-0.05, 0) is 6.07 Å². The van der Waals surface area contributed by atoms with Gasteiger partial charge >= 0.3 is 29.2 Å². The first-order valence-corrected chi connectivity index (χ1v) is 11.8. The minimum absolute atomic E-state index is 0.0809. The predicted molar refractivity (Wildman–Crippen MR) is 90.6 cm³/mol. The zero-order chi connectivity index (χ0) is 22.2. The molecule has 3 unspecified atom stereocenters. The largest absolute Gasteiger partial charge is 0.490 e. The van der Waals surface area contributed by atoms with Crippen molar-refractivity contribution in [1.82, 2.24) is 9.55 Å². The van der Waals surface area contributed by atoms with Crippen molar-refractivity contribution in [1.29, 1.82) is 0 Å². The topological polar surface area (TPSA) is 276 Å². The van der Waals surface area contributed by atoms with Crippen molar-refractivity contribution in [3.8, 4) is 0 Å². The van der Waals surface area contributed by atoms with Crippen LogP contribution in [-0.4, -0.2) is 59.1 Å². The lowest BCUT2D eigenvalue weighted by Gasteiger charge is -2.19. The highest BCUT2D eigenvalue weighted by molar-refractivity contribution is 7.66. The fourth-order valence-corrected chi connectivity index (χ4v) is 5.28. The van der Waals surface area contributed by atoms with E-state index in [1.165, 1.54) is 12.3 Å². The highest BCUT2D eigenvalue weighted by atomic mass is 31.3. The number of rotatable bonds is 8. The predicted octanol–water partition coefficient (Wildman–Crippen LogP) is -2.25. The quantitative estimate of drug-likeness (QED) is 0.193. The van der Waals surface area contributed by atoms with Crippen molar-refractivity contribution in [3.05, 3.63) is 22.7 Å². The Morgan fingerprint density at radius 3 is 2.34 bits per heavy atom. The van der Waals surface area contributed by atoms with Gasteiger partial charge in [0.15, 0.2) is 6.23 Å². The van der Waals surface area contributed by atoms with Crippen LogP contribution in [0, 0.1) is 0 Å². The number of aliphatic hydroxyl groups is 1. The summed E-state index contributed by atoms with van der Waals surface area (Å²) < 4.78 is 51.2. The molecule has 6 atom stereocenters. The number of nitrogen functional groups attached to an aromatic ring is 1. The van der Waals surface area contributed by atoms with Crippen LogP contribution in [0.25, 0.3) is 0 Å². The summed E-state index contributed by atoms with van der Waals surface area (Å²) in [6, 6.07) is 0.0381. The Kier molecular flexibility index (Phi) is 7.20. The van der Waals surface area contributed by atoms with Crippen LogP contribution in [0.2, 0.25) is 0 Å². The number of phosphoric ester groups is 1. The molecule has 1 aromatic rings. The SMILES string of the molecule is Nc1ccn([C@@H]2O[C@H](COP(=O)(O)OP(=O)(O)OP(=O)(O)O)[C@H](O)C2N)c(=O)n1. The molecule has 9 N–H and O–H groups in total. The molecule has 1 aromatic heterocycles. The summed E-state index contributed by atoms with van der Waals surface area (Å²) in [7, 11) is -16.6. The molecular weight excluding hydrogens is 465 g/mol. The molecule has 0 radical (unpaired) electrons. The van der Waals surface area contributed by atoms with Gasteiger partial charge < -0.3 is 40.9 Å². The van der Waals surface area contributed by atoms with Crippen molar-refractivity contribution in [2.24, 2.45) is 5.73 Å². The van der Waals surface area contributed by atoms with Crippen LogP contribution >= 0.6 is 23.5 Å². The molecule has 0 aliphatic carbocycles. The summed E-state index contributed by atoms with van der Waals surface area (Å²) >= 11 is 0. The minimum atomic E-state index is -5.69. The Hall–Kier alpha value is -1.03. The smallest absolute Gasteiger partial charge is 0.389 e. The zero-order valence-electron chi connectivity index (χ0n) is 14.1. The third kappa shape index (κ3) is 6.73. The van der Waals surface area contributed by atoms with E-state index in [0.717, 1.165) is 4.57 Å². The highest BCUT2D eigenvalue weighted by Crippen LogP contribution is 2.66. The second-order valence-electron chi connectivity index (χ2n) is 5.56. The first-order valence-electron chi connectivity index (χ1n) is 7.32. The summed E-state index contributed by atoms with van der Waals surface area (Å²) in [5, 5.41) is 10.1. The number of anilines is 1. The van der Waals surface area contributed by atoms with E-state index < -0.39 is 60.2 Å². The van der Waals surface area contributed by atoms with Crippen LogP contribution < -0.4 is 17.2 Å². The van der Waals surface area contributed by atoms with Crippen LogP contribution in [0.15, 0.2) is 17.1 Å². The molecular formula is C9H17N4O13P3. The van der Waals surface area contributed by atoms with Crippen molar-refractivity contribution in [3.63, 3.8) is 0 Å². The Morgan fingerprint density at radius 2 is 1.79 bits per heavy atom. The third-order valence-corrected chi connectivity index (χ3v) is 7.16. The summed E-state index contributed by atoms with van der Waals surface area (Å²) in [6.45, 7) is -0.938. The van der Waals surface area contributed by atoms with Crippen LogP contribution in [0.4, 0.5) is 5.82 Å². The number of hydrogen-bond donors (Lipinski definition) is 7. The normalized spacial score (nSPS) is 29.3. The monoisotopic (exact) mass is 482 g/mol. The Labute approximate surface area is 161 Å². The first kappa shape index (κ1) is 24.2. The molecule has 0 bridgehead atoms. The molecule has 0 amide bonds. The van der Waals surface area contributed by atoms with Gasteiger partial charge in [-0.2, -0.15) is 13.6 Å². The Balaban J connectivity index is 2.05. The molecule has 166 valence electrons. The van der Waals surface area contributed by atoms with Crippen molar-refractivity contribution in [2.45, 2.75) is 24.5 Å². The van der Waals surface area contributed by atoms with Gasteiger partial charge in [0.2, 0.25) is 0 Å². The van der Waals surface area contributed by atoms with Gasteiger partial charge in [0.25, 0.3) is 0 Å². The molecule has 1 aliphatic heterocycles. The molecule has 0 aromatic carbocycles. The number of phosphoric acid groups is 3. The minimum Gasteiger partial charge on any atom is -0.389 e. The maximum Gasteiger partial charge on any atom is 0.490 e. The van der Waals surface area contributed by atoms with Crippen molar-refractivity contribution in [2.75, 3.05) is 12.3 Å². The lowest BCUT2D eigenvalue weighted by atomic mass is 10.1. The summed E-state index contributed by atoms with van der Waals surface area (Å²) in [5.74, 6) is -0.0809. The average Bonchev–Trinajstić information content (AvgIpc) is 2.78. The van der Waals surface area contributed by atoms with Gasteiger partial charge in [0.05, 0.1) is 12.6 Å². The van der Waals surface area contributed by atoms with E-state index in [2.05, 4.69) is 18.1 Å². The van der Waals surface area contributed by atoms with Gasteiger partial charge in [-0.25, -0.2) is 18.5 Å². The molecule has 0 saturated carbocycles. The van der Waals surface area contributed by atoms with Crippen LogP contribution in [0.3, 0.4) is 0 Å². The number of ether oxygens (including phenoxy) is 1. The molecule has 29 heavy (non-hydrogen) atoms. The van der Waals surface area contributed by atoms with Crippen molar-refractivity contribution < 1.29 is 56.3 Å². The van der Waals surface area contributed by atoms with Crippen LogP contribution in [0.5, 0.6) is 0 Å². The lowest BCUT2D eigenvalue weighted by molar-refractivity contribution is -0.0455. The van der Waals surface area contributed by atoms with E-state index in [9.17, 15) is 28.5 Å². The fourth-order valence-electron chi connectivity index (χ4n) is 2.25. The van der Waals surface area contributed by atoms with E-state index in [0.29, 0.717) is 0 Å². The maximum atomic E-state index is 11.9. The zero-order valence-corrected chi connectivity index (χ0v) is 16.7. The third-order valence-electron chi connectivity index (χ3n) is 3.36. The average molecular weight is 482 g/mol. The van der Waals surface area contributed by atoms with E-state index in [-0.39, 0.29) is 5.82 Å². The lowest BCUT2D eigenvalue weighted by Crippen LogP contribution is -2.42. The fraction of sp³-hybridized carbons (Fsp3) is 0.556. The number of aromatic nitrogens is 2. The number of nitrogens with two attached hydrogens (primary N) is 2. The molecule has 0 spiro atoms. The van der Waals surface area contributed by atoms with Crippen LogP contribution in [0.1, 0.15) is 6.23 Å². The maximum absolute atomic E-state index is 11.9. The number of aliphatic hydroxyl groups excluding tert-OH is 1. The molecule has 1 saturated heterocycles. The summed E-state index contributed by atoms with van der Waals surface area (Å²) in [5.41, 5.74) is 10.3. The van der Waals surface area contributed by atoms with Gasteiger partial charge in [-0.3, -0.25) is 9.09 Å². The molecule has 2 heterocycles. The van der Waals surface area contributed by atoms with E-state index >= 15 is 0 Å². The summed E-state index contributed by atoms with van der Waals surface area (Å²) in [6.07, 6.45) is -3.02. The van der Waals surface area contributed by atoms with Gasteiger partial charge in [-0.15, -0.1) is 0 Å². The molecule has 20 heteroatoms. The van der Waals surface area contributed by atoms with Gasteiger partial charge in [0.1, 0.15) is 18.0 Å². The first-order chi connectivity index (χ1) is 13.1. The van der Waals surface area contributed by atoms with Gasteiger partial charge in [0, 0.05) is 6.20 Å². The standard InChI is InChI=1S/C9H17N4O13P3/c10-5-1-2-13(9(15)12-5)8-6(11)7(14)4(24-8)3-23-28(19,20)26-29(21,22)25-27(16,17)18/h1-2,4,6-8,14H,3,11H2,(H,19,20)(H,21,22)(H2,10,12,15)(H2,16,17,18)/t4-,6?,7+,8-/m1/s1. The van der Waals surface area contributed by atoms with E-state index in [1.54, 1.807) is 0 Å². The molecule has 1 fully saturated rings. The second kappa shape index (κ2) is 8.61. The van der Waals surface area contributed by atoms with E-state index in [1.807, 2.05) is 0 Å². The second-order valence-corrected chi connectivity index (χ2v) is 9.98. The van der Waals surface area contributed by atoms with Gasteiger partial charge in [-0.1, -0.05) is 0 Å². The molecule has 2 rings (SSSR count). The van der Waals surface area contributed by atoms with Crippen molar-refractivity contribution >= 4 is 29.3 Å². The number of nitrogens with zero attached hydrogens (tertiary/aromatic N) is 2. The molecule has 1 aliphatic rings. The van der Waals surface area contributed by atoms with Crippen LogP contribution in [-0.2, 0) is 31.6 Å². The summed E-state index contributed by atoms with van der Waals surface area (Å²) in [4.78, 5) is 50.7. The highest BCUT2D eigenvalue weighted by Gasteiger charge is 2.46. The van der Waals surface area contributed by atoms with E-state index in [4.69, 9.17) is 30.9 Å².